The van der Waals surface area contributed by atoms with Crippen LogP contribution in [0.1, 0.15) is 0 Å². The SMILES string of the molecule is c1ccc(-c2nc3cccc(-c4ccc5ccc6ccc(-c7cccc8ccccc78)nc6c5n4)c3nc2-c2ccccc2)cc1. The van der Waals surface area contributed by atoms with Crippen molar-refractivity contribution < 1.29 is 0 Å². The van der Waals surface area contributed by atoms with E-state index in [9.17, 15) is 0 Å². The van der Waals surface area contributed by atoms with E-state index in [4.69, 9.17) is 19.9 Å². The fourth-order valence-electron chi connectivity index (χ4n) is 6.39. The van der Waals surface area contributed by atoms with E-state index in [1.54, 1.807) is 0 Å². The van der Waals surface area contributed by atoms with Crippen molar-refractivity contribution in [1.29, 1.82) is 0 Å². The molecule has 9 rings (SSSR count). The molecule has 0 unspecified atom stereocenters. The zero-order valence-corrected chi connectivity index (χ0v) is 24.8. The van der Waals surface area contributed by atoms with Gasteiger partial charge < -0.3 is 0 Å². The minimum atomic E-state index is 0.817. The lowest BCUT2D eigenvalue weighted by Crippen LogP contribution is -1.98. The molecule has 214 valence electrons. The van der Waals surface area contributed by atoms with Crippen LogP contribution in [0.5, 0.6) is 0 Å². The molecule has 0 spiro atoms. The van der Waals surface area contributed by atoms with E-state index >= 15 is 0 Å². The molecule has 3 aromatic heterocycles. The van der Waals surface area contributed by atoms with E-state index in [0.29, 0.717) is 0 Å². The third-order valence-electron chi connectivity index (χ3n) is 8.65. The molecule has 0 bridgehead atoms. The molecule has 0 aliphatic heterocycles. The Hall–Kier alpha value is -6.26. The normalized spacial score (nSPS) is 11.5. The van der Waals surface area contributed by atoms with Crippen molar-refractivity contribution in [2.75, 3.05) is 0 Å². The van der Waals surface area contributed by atoms with Crippen LogP contribution in [0.3, 0.4) is 0 Å². The van der Waals surface area contributed by atoms with E-state index in [1.165, 1.54) is 10.8 Å². The average Bonchev–Trinajstić information content (AvgIpc) is 3.14. The maximum atomic E-state index is 5.31. The molecular weight excluding hydrogens is 560 g/mol. The molecule has 0 saturated carbocycles. The molecule has 46 heavy (non-hydrogen) atoms. The van der Waals surface area contributed by atoms with Crippen LogP contribution < -0.4 is 0 Å². The number of aromatic nitrogens is 4. The first-order valence-corrected chi connectivity index (χ1v) is 15.4. The summed E-state index contributed by atoms with van der Waals surface area (Å²) in [5, 5.41) is 4.48. The van der Waals surface area contributed by atoms with E-state index in [2.05, 4.69) is 109 Å². The van der Waals surface area contributed by atoms with Gasteiger partial charge in [0, 0.05) is 33.0 Å². The van der Waals surface area contributed by atoms with Gasteiger partial charge in [0.2, 0.25) is 0 Å². The van der Waals surface area contributed by atoms with E-state index in [0.717, 1.165) is 77.9 Å². The second kappa shape index (κ2) is 10.7. The van der Waals surface area contributed by atoms with Crippen molar-refractivity contribution in [2.24, 2.45) is 0 Å². The molecule has 6 aromatic carbocycles. The van der Waals surface area contributed by atoms with Gasteiger partial charge in [-0.3, -0.25) is 0 Å². The number of para-hydroxylation sites is 1. The summed E-state index contributed by atoms with van der Waals surface area (Å²) < 4.78 is 0. The van der Waals surface area contributed by atoms with Crippen LogP contribution >= 0.6 is 0 Å². The van der Waals surface area contributed by atoms with Crippen LogP contribution in [0.2, 0.25) is 0 Å². The summed E-state index contributed by atoms with van der Waals surface area (Å²) in [6.45, 7) is 0. The first-order valence-electron chi connectivity index (χ1n) is 15.4. The Bertz CT molecular complexity index is 2570. The predicted molar refractivity (Wildman–Crippen MR) is 189 cm³/mol. The highest BCUT2D eigenvalue weighted by Crippen LogP contribution is 2.36. The maximum Gasteiger partial charge on any atom is 0.0988 e. The van der Waals surface area contributed by atoms with Crippen molar-refractivity contribution in [2.45, 2.75) is 0 Å². The van der Waals surface area contributed by atoms with Crippen LogP contribution in [-0.4, -0.2) is 19.9 Å². The minimum absolute atomic E-state index is 0.817. The van der Waals surface area contributed by atoms with E-state index in [-0.39, 0.29) is 0 Å². The van der Waals surface area contributed by atoms with Crippen molar-refractivity contribution in [1.82, 2.24) is 19.9 Å². The fraction of sp³-hybridized carbons (Fsp3) is 0. The number of rotatable bonds is 4. The number of hydrogen-bond donors (Lipinski definition) is 0. The molecule has 0 aliphatic rings. The first kappa shape index (κ1) is 26.2. The number of nitrogens with zero attached hydrogens (tertiary/aromatic N) is 4. The summed E-state index contributed by atoms with van der Waals surface area (Å²) in [5.74, 6) is 0. The maximum absolute atomic E-state index is 5.31. The van der Waals surface area contributed by atoms with Gasteiger partial charge in [0.05, 0.1) is 44.8 Å². The van der Waals surface area contributed by atoms with Crippen molar-refractivity contribution in [3.05, 3.63) is 158 Å². The van der Waals surface area contributed by atoms with Gasteiger partial charge in [-0.15, -0.1) is 0 Å². The van der Waals surface area contributed by atoms with Crippen LogP contribution in [0.25, 0.3) is 88.6 Å². The van der Waals surface area contributed by atoms with Gasteiger partial charge >= 0.3 is 0 Å². The van der Waals surface area contributed by atoms with Crippen LogP contribution in [0.4, 0.5) is 0 Å². The minimum Gasteiger partial charge on any atom is -0.245 e. The van der Waals surface area contributed by atoms with Crippen molar-refractivity contribution >= 4 is 43.6 Å². The zero-order valence-electron chi connectivity index (χ0n) is 24.8. The molecule has 0 atom stereocenters. The number of fused-ring (bicyclic) bond motifs is 5. The lowest BCUT2D eigenvalue weighted by atomic mass is 10.0. The molecule has 9 aromatic rings. The largest absolute Gasteiger partial charge is 0.245 e. The van der Waals surface area contributed by atoms with Crippen LogP contribution in [0.15, 0.2) is 158 Å². The highest BCUT2D eigenvalue weighted by atomic mass is 14.8. The number of benzene rings is 6. The van der Waals surface area contributed by atoms with Crippen molar-refractivity contribution in [3.8, 4) is 45.0 Å². The highest BCUT2D eigenvalue weighted by molar-refractivity contribution is 6.06. The second-order valence-electron chi connectivity index (χ2n) is 11.5. The van der Waals surface area contributed by atoms with Gasteiger partial charge in [0.15, 0.2) is 0 Å². The summed E-state index contributed by atoms with van der Waals surface area (Å²) in [6, 6.07) is 54.2. The lowest BCUT2D eigenvalue weighted by molar-refractivity contribution is 1.29. The van der Waals surface area contributed by atoms with Gasteiger partial charge in [-0.25, -0.2) is 19.9 Å². The Morgan fingerprint density at radius 1 is 0.304 bits per heavy atom. The second-order valence-corrected chi connectivity index (χ2v) is 11.5. The summed E-state index contributed by atoms with van der Waals surface area (Å²) in [6.07, 6.45) is 0. The van der Waals surface area contributed by atoms with Crippen molar-refractivity contribution in [3.63, 3.8) is 0 Å². The molecule has 0 saturated heterocycles. The summed E-state index contributed by atoms with van der Waals surface area (Å²) >= 11 is 0. The monoisotopic (exact) mass is 586 g/mol. The molecule has 4 heteroatoms. The van der Waals surface area contributed by atoms with Gasteiger partial charge in [-0.1, -0.05) is 140 Å². The summed E-state index contributed by atoms with van der Waals surface area (Å²) in [4.78, 5) is 21.0. The van der Waals surface area contributed by atoms with Gasteiger partial charge in [-0.05, 0) is 29.0 Å². The third kappa shape index (κ3) is 4.39. The number of hydrogen-bond acceptors (Lipinski definition) is 4. The topological polar surface area (TPSA) is 51.6 Å². The molecule has 0 N–H and O–H groups in total. The highest BCUT2D eigenvalue weighted by Gasteiger charge is 2.17. The molecule has 3 heterocycles. The zero-order chi connectivity index (χ0) is 30.5. The Morgan fingerprint density at radius 3 is 1.52 bits per heavy atom. The molecular formula is C42H26N4. The third-order valence-corrected chi connectivity index (χ3v) is 8.65. The Labute approximate surface area is 265 Å². The lowest BCUT2D eigenvalue weighted by Gasteiger charge is -2.13. The molecule has 0 aliphatic carbocycles. The average molecular weight is 587 g/mol. The van der Waals surface area contributed by atoms with E-state index < -0.39 is 0 Å². The Kier molecular flexibility index (Phi) is 6.10. The predicted octanol–water partition coefficient (Wildman–Crippen LogP) is 10.5. The van der Waals surface area contributed by atoms with Gasteiger partial charge in [-0.2, -0.15) is 0 Å². The fourth-order valence-corrected chi connectivity index (χ4v) is 6.39. The molecule has 4 nitrogen and oxygen atoms in total. The van der Waals surface area contributed by atoms with E-state index in [1.807, 2.05) is 48.5 Å². The quantitative estimate of drug-likeness (QED) is 0.193. The Morgan fingerprint density at radius 2 is 0.826 bits per heavy atom. The van der Waals surface area contributed by atoms with Gasteiger partial charge in [0.1, 0.15) is 0 Å². The number of pyridine rings is 2. The molecule has 0 fully saturated rings. The van der Waals surface area contributed by atoms with Gasteiger partial charge in [0.25, 0.3) is 0 Å². The first-order chi connectivity index (χ1) is 22.8. The standard InChI is InChI=1S/C42H26N4/c1-3-12-28(13-4-1)38-41(29-14-5-2-6-15-29)46-42-34(19-10-20-37(42)45-38)36-26-24-31-22-21-30-23-25-35(43-39(30)40(31)44-36)33-18-9-16-27-11-7-8-17-32(27)33/h1-26H. The molecule has 0 radical (unpaired) electrons. The molecule has 0 amide bonds. The van der Waals surface area contributed by atoms with Crippen LogP contribution in [-0.2, 0) is 0 Å². The Balaban J connectivity index is 1.26. The summed E-state index contributed by atoms with van der Waals surface area (Å²) in [7, 11) is 0. The summed E-state index contributed by atoms with van der Waals surface area (Å²) in [5.41, 5.74) is 11.0. The van der Waals surface area contributed by atoms with Crippen LogP contribution in [0, 0.1) is 0 Å². The smallest absolute Gasteiger partial charge is 0.0988 e.